The molecule has 1 aromatic carbocycles. The molecule has 1 spiro atoms. The Morgan fingerprint density at radius 1 is 1.23 bits per heavy atom. The van der Waals surface area contributed by atoms with E-state index in [0.29, 0.717) is 19.3 Å². The molecule has 0 aliphatic carbocycles. The Hall–Kier alpha value is -1.92. The number of likely N-dealkylation sites (tertiary alicyclic amines) is 1. The van der Waals surface area contributed by atoms with Crippen LogP contribution in [0.1, 0.15) is 44.6 Å². The van der Waals surface area contributed by atoms with E-state index in [1.54, 1.807) is 4.90 Å². The quantitative estimate of drug-likeness (QED) is 0.873. The lowest BCUT2D eigenvalue weighted by Gasteiger charge is -2.45. The highest BCUT2D eigenvalue weighted by atomic mass is 16.5. The average molecular weight is 360 g/mol. The van der Waals surface area contributed by atoms with Gasteiger partial charge in [-0.05, 0) is 18.5 Å². The number of amides is 1. The van der Waals surface area contributed by atoms with E-state index >= 15 is 0 Å². The lowest BCUT2D eigenvalue weighted by atomic mass is 9.91. The first kappa shape index (κ1) is 18.9. The molecule has 6 heteroatoms. The molecule has 0 bridgehead atoms. The number of carboxylic acid groups (broad SMARTS) is 1. The summed E-state index contributed by atoms with van der Waals surface area (Å²) < 4.78 is 6.01. The van der Waals surface area contributed by atoms with Crippen LogP contribution in [0.3, 0.4) is 0 Å². The van der Waals surface area contributed by atoms with Crippen LogP contribution in [0.15, 0.2) is 30.3 Å². The van der Waals surface area contributed by atoms with Gasteiger partial charge in [0.25, 0.3) is 0 Å². The van der Waals surface area contributed by atoms with Gasteiger partial charge in [-0.15, -0.1) is 0 Å². The smallest absolute Gasteiger partial charge is 0.328 e. The predicted octanol–water partition coefficient (Wildman–Crippen LogP) is 2.30. The molecule has 0 radical (unpaired) electrons. The topological polar surface area (TPSA) is 70.1 Å². The average Bonchev–Trinajstić information content (AvgIpc) is 3.03. The Balaban J connectivity index is 1.91. The van der Waals surface area contributed by atoms with Crippen LogP contribution in [0.4, 0.5) is 0 Å². The van der Waals surface area contributed by atoms with Gasteiger partial charge in [0.2, 0.25) is 5.91 Å². The van der Waals surface area contributed by atoms with E-state index in [0.717, 1.165) is 25.2 Å². The Morgan fingerprint density at radius 3 is 2.42 bits per heavy atom. The van der Waals surface area contributed by atoms with E-state index in [4.69, 9.17) is 4.74 Å². The second kappa shape index (κ2) is 7.76. The minimum Gasteiger partial charge on any atom is -0.480 e. The van der Waals surface area contributed by atoms with Crippen molar-refractivity contribution >= 4 is 11.9 Å². The number of aliphatic carboxylic acids is 1. The molecule has 2 fully saturated rings. The zero-order chi connectivity index (χ0) is 18.7. The van der Waals surface area contributed by atoms with Crippen LogP contribution in [0.2, 0.25) is 0 Å². The summed E-state index contributed by atoms with van der Waals surface area (Å²) in [7, 11) is 0. The fourth-order valence-corrected chi connectivity index (χ4v) is 4.21. The standard InChI is InChI=1S/C20H28N2O4/c1-3-16(15-8-6-5-7-9-15)18(23)22-17(19(24)25)14-26-20(22)10-12-21(4-2)13-11-20/h5-9,16-17H,3-4,10-14H2,1-2H3,(H,24,25). The number of carbonyl (C=O) groups is 2. The Bertz CT molecular complexity index is 640. The second-order valence-electron chi connectivity index (χ2n) is 7.13. The molecule has 0 aromatic heterocycles. The van der Waals surface area contributed by atoms with E-state index in [2.05, 4.69) is 11.8 Å². The van der Waals surface area contributed by atoms with Gasteiger partial charge in [0.05, 0.1) is 12.5 Å². The summed E-state index contributed by atoms with van der Waals surface area (Å²) in [4.78, 5) is 29.2. The first-order valence-corrected chi connectivity index (χ1v) is 9.49. The van der Waals surface area contributed by atoms with Crippen molar-refractivity contribution in [2.24, 2.45) is 0 Å². The molecular weight excluding hydrogens is 332 g/mol. The fraction of sp³-hybridized carbons (Fsp3) is 0.600. The summed E-state index contributed by atoms with van der Waals surface area (Å²) >= 11 is 0. The molecule has 1 amide bonds. The third-order valence-corrected chi connectivity index (χ3v) is 5.78. The van der Waals surface area contributed by atoms with E-state index in [-0.39, 0.29) is 18.4 Å². The SMILES string of the molecule is CCC(C(=O)N1C(C(=O)O)COC12CCN(CC)CC2)c1ccccc1. The van der Waals surface area contributed by atoms with E-state index in [1.165, 1.54) is 0 Å². The molecule has 1 aromatic rings. The maximum atomic E-state index is 13.5. The molecule has 6 nitrogen and oxygen atoms in total. The van der Waals surface area contributed by atoms with Gasteiger partial charge in [0.15, 0.2) is 6.04 Å². The normalized spacial score (nSPS) is 23.9. The summed E-state index contributed by atoms with van der Waals surface area (Å²) in [6, 6.07) is 8.71. The lowest BCUT2D eigenvalue weighted by Crippen LogP contribution is -2.59. The number of hydrogen-bond donors (Lipinski definition) is 1. The van der Waals surface area contributed by atoms with E-state index in [1.807, 2.05) is 37.3 Å². The van der Waals surface area contributed by atoms with Crippen molar-refractivity contribution < 1.29 is 19.4 Å². The van der Waals surface area contributed by atoms with E-state index in [9.17, 15) is 14.7 Å². The van der Waals surface area contributed by atoms with Crippen molar-refractivity contribution in [2.75, 3.05) is 26.2 Å². The number of ether oxygens (including phenoxy) is 1. The summed E-state index contributed by atoms with van der Waals surface area (Å²) in [6.45, 7) is 6.73. The number of benzene rings is 1. The number of nitrogens with zero attached hydrogens (tertiary/aromatic N) is 2. The van der Waals surface area contributed by atoms with Gasteiger partial charge >= 0.3 is 5.97 Å². The van der Waals surface area contributed by atoms with Crippen molar-refractivity contribution in [3.8, 4) is 0 Å². The number of piperidine rings is 1. The van der Waals surface area contributed by atoms with Crippen LogP contribution in [0.5, 0.6) is 0 Å². The first-order chi connectivity index (χ1) is 12.5. The van der Waals surface area contributed by atoms with Crippen molar-refractivity contribution in [1.82, 2.24) is 9.80 Å². The highest BCUT2D eigenvalue weighted by Crippen LogP contribution is 2.40. The fourth-order valence-electron chi connectivity index (χ4n) is 4.21. The molecule has 2 unspecified atom stereocenters. The summed E-state index contributed by atoms with van der Waals surface area (Å²) in [5.74, 6) is -1.47. The molecule has 2 aliphatic heterocycles. The number of carbonyl (C=O) groups excluding carboxylic acids is 1. The van der Waals surface area contributed by atoms with Crippen molar-refractivity contribution in [3.05, 3.63) is 35.9 Å². The van der Waals surface area contributed by atoms with Crippen LogP contribution in [0, 0.1) is 0 Å². The van der Waals surface area contributed by atoms with Gasteiger partial charge in [-0.3, -0.25) is 9.69 Å². The van der Waals surface area contributed by atoms with Crippen molar-refractivity contribution in [3.63, 3.8) is 0 Å². The third kappa shape index (κ3) is 3.35. The minimum atomic E-state index is -0.990. The van der Waals surface area contributed by atoms with Crippen LogP contribution >= 0.6 is 0 Å². The molecule has 1 N–H and O–H groups in total. The molecule has 2 heterocycles. The highest BCUT2D eigenvalue weighted by molar-refractivity contribution is 5.89. The van der Waals surface area contributed by atoms with Gasteiger partial charge in [0, 0.05) is 25.9 Å². The van der Waals surface area contributed by atoms with Crippen LogP contribution in [0.25, 0.3) is 0 Å². The molecule has 2 saturated heterocycles. The monoisotopic (exact) mass is 360 g/mol. The predicted molar refractivity (Wildman–Crippen MR) is 97.8 cm³/mol. The minimum absolute atomic E-state index is 0.0679. The van der Waals surface area contributed by atoms with Crippen molar-refractivity contribution in [2.45, 2.75) is 50.8 Å². The number of hydrogen-bond acceptors (Lipinski definition) is 4. The maximum Gasteiger partial charge on any atom is 0.328 e. The van der Waals surface area contributed by atoms with Gasteiger partial charge in [-0.1, -0.05) is 44.2 Å². The van der Waals surface area contributed by atoms with E-state index < -0.39 is 17.7 Å². The summed E-state index contributed by atoms with van der Waals surface area (Å²) in [6.07, 6.45) is 1.94. The Labute approximate surface area is 154 Å². The van der Waals surface area contributed by atoms with Gasteiger partial charge in [-0.2, -0.15) is 0 Å². The second-order valence-corrected chi connectivity index (χ2v) is 7.13. The lowest BCUT2D eigenvalue weighted by molar-refractivity contribution is -0.167. The molecule has 3 rings (SSSR count). The third-order valence-electron chi connectivity index (χ3n) is 5.78. The summed E-state index contributed by atoms with van der Waals surface area (Å²) in [5, 5.41) is 9.69. The number of carboxylic acids is 1. The molecule has 0 saturated carbocycles. The molecule has 142 valence electrons. The highest BCUT2D eigenvalue weighted by Gasteiger charge is 2.54. The Morgan fingerprint density at radius 2 is 1.88 bits per heavy atom. The molecule has 2 atom stereocenters. The number of rotatable bonds is 5. The zero-order valence-corrected chi connectivity index (χ0v) is 15.6. The first-order valence-electron chi connectivity index (χ1n) is 9.49. The largest absolute Gasteiger partial charge is 0.480 e. The van der Waals surface area contributed by atoms with Crippen LogP contribution in [-0.2, 0) is 14.3 Å². The zero-order valence-electron chi connectivity index (χ0n) is 15.6. The Kier molecular flexibility index (Phi) is 5.63. The summed E-state index contributed by atoms with van der Waals surface area (Å²) in [5.41, 5.74) is 0.144. The van der Waals surface area contributed by atoms with Crippen LogP contribution < -0.4 is 0 Å². The van der Waals surface area contributed by atoms with Gasteiger partial charge in [-0.25, -0.2) is 4.79 Å². The van der Waals surface area contributed by atoms with Crippen LogP contribution in [-0.4, -0.2) is 64.8 Å². The molecule has 26 heavy (non-hydrogen) atoms. The van der Waals surface area contributed by atoms with Gasteiger partial charge in [0.1, 0.15) is 5.72 Å². The maximum absolute atomic E-state index is 13.5. The van der Waals surface area contributed by atoms with Crippen molar-refractivity contribution in [1.29, 1.82) is 0 Å². The molecular formula is C20H28N2O4. The molecule has 2 aliphatic rings. The van der Waals surface area contributed by atoms with Gasteiger partial charge < -0.3 is 14.7 Å².